The smallest absolute Gasteiger partial charge is 0.293 e. The molecule has 2 heteroatoms. The number of terminal acetylenes is 1. The third-order valence-electron chi connectivity index (χ3n) is 1.90. The van der Waals surface area contributed by atoms with E-state index in [1.165, 1.54) is 0 Å². The van der Waals surface area contributed by atoms with Gasteiger partial charge in [-0.3, -0.25) is 4.79 Å². The van der Waals surface area contributed by atoms with E-state index in [-0.39, 0.29) is 12.0 Å². The largest absolute Gasteiger partial charge is 0.463 e. The highest BCUT2D eigenvalue weighted by molar-refractivity contribution is 5.37. The van der Waals surface area contributed by atoms with Gasteiger partial charge in [0.25, 0.3) is 6.47 Å². The highest BCUT2D eigenvalue weighted by Gasteiger charge is 2.26. The zero-order valence-corrected chi connectivity index (χ0v) is 5.75. The van der Waals surface area contributed by atoms with Crippen molar-refractivity contribution in [3.05, 3.63) is 0 Å². The summed E-state index contributed by atoms with van der Waals surface area (Å²) < 4.78 is 4.78. The fourth-order valence-corrected chi connectivity index (χ4v) is 1.35. The Morgan fingerprint density at radius 3 is 3.00 bits per heavy atom. The van der Waals surface area contributed by atoms with Gasteiger partial charge >= 0.3 is 0 Å². The number of hydrogen-bond acceptors (Lipinski definition) is 2. The zero-order chi connectivity index (χ0) is 7.40. The van der Waals surface area contributed by atoms with Crippen LogP contribution in [0.4, 0.5) is 0 Å². The topological polar surface area (TPSA) is 26.3 Å². The molecule has 0 aromatic rings. The summed E-state index contributed by atoms with van der Waals surface area (Å²) >= 11 is 0. The summed E-state index contributed by atoms with van der Waals surface area (Å²) in [6.07, 6.45) is 8.19. The van der Waals surface area contributed by atoms with Crippen molar-refractivity contribution in [3.63, 3.8) is 0 Å². The molecule has 1 fully saturated rings. The van der Waals surface area contributed by atoms with Crippen LogP contribution in [-0.4, -0.2) is 12.6 Å². The third kappa shape index (κ3) is 1.30. The molecule has 0 amide bonds. The monoisotopic (exact) mass is 138 g/mol. The molecule has 0 aliphatic heterocycles. The van der Waals surface area contributed by atoms with Crippen LogP contribution in [-0.2, 0) is 9.53 Å². The van der Waals surface area contributed by atoms with Crippen molar-refractivity contribution in [3.8, 4) is 12.3 Å². The quantitative estimate of drug-likeness (QED) is 0.419. The summed E-state index contributed by atoms with van der Waals surface area (Å²) in [6, 6.07) is 0. The number of hydrogen-bond donors (Lipinski definition) is 0. The van der Waals surface area contributed by atoms with E-state index in [2.05, 4.69) is 5.92 Å². The van der Waals surface area contributed by atoms with Crippen molar-refractivity contribution in [2.75, 3.05) is 0 Å². The van der Waals surface area contributed by atoms with Crippen molar-refractivity contribution in [1.29, 1.82) is 0 Å². The molecule has 0 heterocycles. The van der Waals surface area contributed by atoms with Gasteiger partial charge in [-0.05, 0) is 19.3 Å². The summed E-state index contributed by atoms with van der Waals surface area (Å²) in [7, 11) is 0. The van der Waals surface area contributed by atoms with Crippen LogP contribution in [0, 0.1) is 18.3 Å². The van der Waals surface area contributed by atoms with Gasteiger partial charge in [-0.2, -0.15) is 0 Å². The minimum Gasteiger partial charge on any atom is -0.463 e. The van der Waals surface area contributed by atoms with Gasteiger partial charge in [0.2, 0.25) is 0 Å². The van der Waals surface area contributed by atoms with Gasteiger partial charge in [0.05, 0.1) is 5.92 Å². The lowest BCUT2D eigenvalue weighted by atomic mass is 10.1. The van der Waals surface area contributed by atoms with Gasteiger partial charge in [0.15, 0.2) is 0 Å². The molecular formula is C8H10O2. The van der Waals surface area contributed by atoms with E-state index in [0.717, 1.165) is 19.3 Å². The Hall–Kier alpha value is -0.970. The fraction of sp³-hybridized carbons (Fsp3) is 0.625. The fourth-order valence-electron chi connectivity index (χ4n) is 1.35. The Bertz CT molecular complexity index is 157. The average molecular weight is 138 g/mol. The van der Waals surface area contributed by atoms with Crippen molar-refractivity contribution >= 4 is 6.47 Å². The first-order chi connectivity index (χ1) is 4.88. The second kappa shape index (κ2) is 3.26. The van der Waals surface area contributed by atoms with Crippen LogP contribution in [0.1, 0.15) is 19.3 Å². The molecule has 1 saturated carbocycles. The predicted molar refractivity (Wildman–Crippen MR) is 37.1 cm³/mol. The molecule has 0 bridgehead atoms. The summed E-state index contributed by atoms with van der Waals surface area (Å²) in [6.45, 7) is 0.486. The van der Waals surface area contributed by atoms with Crippen LogP contribution in [0.25, 0.3) is 0 Å². The molecule has 0 aromatic heterocycles. The molecular weight excluding hydrogens is 128 g/mol. The van der Waals surface area contributed by atoms with E-state index < -0.39 is 0 Å². The van der Waals surface area contributed by atoms with Crippen LogP contribution in [0.15, 0.2) is 0 Å². The maximum Gasteiger partial charge on any atom is 0.293 e. The van der Waals surface area contributed by atoms with Gasteiger partial charge in [-0.25, -0.2) is 0 Å². The van der Waals surface area contributed by atoms with Gasteiger partial charge < -0.3 is 4.74 Å². The van der Waals surface area contributed by atoms with Crippen LogP contribution in [0.3, 0.4) is 0 Å². The Kier molecular flexibility index (Phi) is 2.33. The maximum atomic E-state index is 9.93. The molecule has 2 atom stereocenters. The predicted octanol–water partition coefficient (Wildman–Crippen LogP) is 0.961. The third-order valence-corrected chi connectivity index (χ3v) is 1.90. The van der Waals surface area contributed by atoms with Gasteiger partial charge in [-0.15, -0.1) is 6.42 Å². The molecule has 1 rings (SSSR count). The summed E-state index contributed by atoms with van der Waals surface area (Å²) in [5.74, 6) is 2.77. The Morgan fingerprint density at radius 1 is 1.60 bits per heavy atom. The van der Waals surface area contributed by atoms with E-state index in [1.807, 2.05) is 0 Å². The zero-order valence-electron chi connectivity index (χ0n) is 5.75. The summed E-state index contributed by atoms with van der Waals surface area (Å²) in [5.41, 5.74) is 0. The second-order valence-corrected chi connectivity index (χ2v) is 2.47. The molecule has 0 spiro atoms. The number of ether oxygens (including phenoxy) is 1. The van der Waals surface area contributed by atoms with E-state index >= 15 is 0 Å². The van der Waals surface area contributed by atoms with Crippen LogP contribution < -0.4 is 0 Å². The molecule has 2 nitrogen and oxygen atoms in total. The average Bonchev–Trinajstić information content (AvgIpc) is 2.36. The van der Waals surface area contributed by atoms with Crippen LogP contribution in [0.5, 0.6) is 0 Å². The van der Waals surface area contributed by atoms with Crippen molar-refractivity contribution in [2.45, 2.75) is 25.4 Å². The molecule has 0 aromatic carbocycles. The van der Waals surface area contributed by atoms with Crippen molar-refractivity contribution in [2.24, 2.45) is 5.92 Å². The normalized spacial score (nSPS) is 31.1. The molecule has 1 aliphatic rings. The molecule has 0 unspecified atom stereocenters. The molecule has 54 valence electrons. The van der Waals surface area contributed by atoms with Gasteiger partial charge in [0.1, 0.15) is 6.10 Å². The van der Waals surface area contributed by atoms with Gasteiger partial charge in [-0.1, -0.05) is 5.92 Å². The number of carbonyl (C=O) groups excluding carboxylic acids is 1. The summed E-state index contributed by atoms with van der Waals surface area (Å²) in [4.78, 5) is 9.93. The minimum atomic E-state index is -0.0116. The SMILES string of the molecule is C#C[C@H]1CCC[C@H]1OC=O. The lowest BCUT2D eigenvalue weighted by Crippen LogP contribution is -2.15. The van der Waals surface area contributed by atoms with E-state index in [1.54, 1.807) is 0 Å². The van der Waals surface area contributed by atoms with E-state index in [0.29, 0.717) is 6.47 Å². The molecule has 1 aliphatic carbocycles. The van der Waals surface area contributed by atoms with Gasteiger partial charge in [0, 0.05) is 0 Å². The highest BCUT2D eigenvalue weighted by atomic mass is 16.5. The Balaban J connectivity index is 2.43. The first-order valence-corrected chi connectivity index (χ1v) is 3.43. The van der Waals surface area contributed by atoms with E-state index in [9.17, 15) is 4.79 Å². The number of carbonyl (C=O) groups is 1. The summed E-state index contributed by atoms with van der Waals surface area (Å²) in [5, 5.41) is 0. The van der Waals surface area contributed by atoms with Crippen LogP contribution in [0.2, 0.25) is 0 Å². The number of rotatable bonds is 2. The van der Waals surface area contributed by atoms with Crippen molar-refractivity contribution < 1.29 is 9.53 Å². The maximum absolute atomic E-state index is 9.93. The minimum absolute atomic E-state index is 0.0116. The van der Waals surface area contributed by atoms with Crippen molar-refractivity contribution in [1.82, 2.24) is 0 Å². The van der Waals surface area contributed by atoms with E-state index in [4.69, 9.17) is 11.2 Å². The lowest BCUT2D eigenvalue weighted by molar-refractivity contribution is -0.134. The molecule has 0 radical (unpaired) electrons. The Labute approximate surface area is 60.6 Å². The first-order valence-electron chi connectivity index (χ1n) is 3.43. The second-order valence-electron chi connectivity index (χ2n) is 2.47. The standard InChI is InChI=1S/C8H10O2/c1-2-7-4-3-5-8(7)10-6-9/h1,6-8H,3-5H2/t7-,8+/m0/s1. The lowest BCUT2D eigenvalue weighted by Gasteiger charge is -2.10. The molecule has 0 N–H and O–H groups in total. The Morgan fingerprint density at radius 2 is 2.40 bits per heavy atom. The molecule has 0 saturated heterocycles. The highest BCUT2D eigenvalue weighted by Crippen LogP contribution is 2.26. The first kappa shape index (κ1) is 7.14. The van der Waals surface area contributed by atoms with Crippen LogP contribution >= 0.6 is 0 Å². The molecule has 10 heavy (non-hydrogen) atoms.